The summed E-state index contributed by atoms with van der Waals surface area (Å²) in [5.41, 5.74) is 2.70. The number of hydrogen-bond donors (Lipinski definition) is 2. The standard InChI is InChI=1S/C25H17N3O3/c29-24(21-10-1-2-11-22(21)28-25(30)23-12-6-16-31-23)27-20-9-5-7-18(17-20)13-14-19-8-3-4-15-26-19/h1-12,15-17H,(H,27,29)(H,28,30). The molecule has 150 valence electrons. The van der Waals surface area contributed by atoms with Crippen LogP contribution >= 0.6 is 0 Å². The minimum absolute atomic E-state index is 0.161. The van der Waals surface area contributed by atoms with E-state index < -0.39 is 5.91 Å². The number of carbonyl (C=O) groups excluding carboxylic acids is 2. The van der Waals surface area contributed by atoms with Crippen molar-refractivity contribution in [2.75, 3.05) is 10.6 Å². The first-order valence-corrected chi connectivity index (χ1v) is 9.47. The van der Waals surface area contributed by atoms with Gasteiger partial charge in [-0.05, 0) is 60.5 Å². The smallest absolute Gasteiger partial charge is 0.291 e. The zero-order chi connectivity index (χ0) is 21.5. The molecule has 4 rings (SSSR count). The van der Waals surface area contributed by atoms with Crippen LogP contribution in [-0.4, -0.2) is 16.8 Å². The van der Waals surface area contributed by atoms with E-state index in [1.165, 1.54) is 6.26 Å². The molecule has 4 aromatic rings. The summed E-state index contributed by atoms with van der Waals surface area (Å²) in [5.74, 6) is 5.40. The van der Waals surface area contributed by atoms with Crippen LogP contribution in [0.5, 0.6) is 0 Å². The quantitative estimate of drug-likeness (QED) is 0.485. The van der Waals surface area contributed by atoms with Crippen molar-refractivity contribution in [3.05, 3.63) is 114 Å². The summed E-state index contributed by atoms with van der Waals surface area (Å²) in [6.07, 6.45) is 3.10. The number of amides is 2. The Morgan fingerprint density at radius 3 is 2.48 bits per heavy atom. The fourth-order valence-corrected chi connectivity index (χ4v) is 2.83. The minimum Gasteiger partial charge on any atom is -0.459 e. The average molecular weight is 407 g/mol. The molecule has 0 unspecified atom stereocenters. The first-order chi connectivity index (χ1) is 15.2. The number of nitrogens with zero attached hydrogens (tertiary/aromatic N) is 1. The molecule has 0 aliphatic carbocycles. The Morgan fingerprint density at radius 2 is 1.68 bits per heavy atom. The van der Waals surface area contributed by atoms with E-state index in [1.54, 1.807) is 54.7 Å². The third-order valence-electron chi connectivity index (χ3n) is 4.29. The minimum atomic E-state index is -0.433. The summed E-state index contributed by atoms with van der Waals surface area (Å²) in [6.45, 7) is 0. The summed E-state index contributed by atoms with van der Waals surface area (Å²) in [6, 6.07) is 22.7. The van der Waals surface area contributed by atoms with Crippen molar-refractivity contribution in [2.45, 2.75) is 0 Å². The number of anilines is 2. The number of rotatable bonds is 4. The second-order valence-corrected chi connectivity index (χ2v) is 6.48. The van der Waals surface area contributed by atoms with Crippen molar-refractivity contribution < 1.29 is 14.0 Å². The molecule has 0 aliphatic heterocycles. The summed E-state index contributed by atoms with van der Waals surface area (Å²) < 4.78 is 5.10. The number of carbonyl (C=O) groups is 2. The largest absolute Gasteiger partial charge is 0.459 e. The molecule has 0 radical (unpaired) electrons. The maximum absolute atomic E-state index is 12.9. The second-order valence-electron chi connectivity index (χ2n) is 6.48. The van der Waals surface area contributed by atoms with E-state index in [2.05, 4.69) is 27.5 Å². The Labute approximate surface area is 178 Å². The molecule has 2 aromatic carbocycles. The molecule has 2 N–H and O–H groups in total. The number of hydrogen-bond acceptors (Lipinski definition) is 4. The number of pyridine rings is 1. The molecule has 2 amide bonds. The van der Waals surface area contributed by atoms with Gasteiger partial charge in [0.25, 0.3) is 11.8 Å². The zero-order valence-electron chi connectivity index (χ0n) is 16.3. The van der Waals surface area contributed by atoms with Gasteiger partial charge in [-0.1, -0.05) is 30.2 Å². The lowest BCUT2D eigenvalue weighted by Gasteiger charge is -2.11. The predicted octanol–water partition coefficient (Wildman–Crippen LogP) is 4.58. The zero-order valence-corrected chi connectivity index (χ0v) is 16.3. The maximum atomic E-state index is 12.9. The lowest BCUT2D eigenvalue weighted by molar-refractivity contribution is 0.0996. The molecule has 2 heterocycles. The summed E-state index contributed by atoms with van der Waals surface area (Å²) in [4.78, 5) is 29.3. The van der Waals surface area contributed by atoms with Gasteiger partial charge < -0.3 is 15.1 Å². The molecular weight excluding hydrogens is 390 g/mol. The van der Waals surface area contributed by atoms with Crippen LogP contribution in [0.15, 0.2) is 95.7 Å². The molecule has 0 fully saturated rings. The topological polar surface area (TPSA) is 84.2 Å². The first-order valence-electron chi connectivity index (χ1n) is 9.47. The van der Waals surface area contributed by atoms with Crippen molar-refractivity contribution >= 4 is 23.2 Å². The molecule has 0 atom stereocenters. The molecule has 0 spiro atoms. The highest BCUT2D eigenvalue weighted by Gasteiger charge is 2.15. The number of nitrogens with one attached hydrogen (secondary N) is 2. The molecule has 0 aliphatic rings. The lowest BCUT2D eigenvalue weighted by Crippen LogP contribution is -2.18. The van der Waals surface area contributed by atoms with Crippen LogP contribution in [-0.2, 0) is 0 Å². The fourth-order valence-electron chi connectivity index (χ4n) is 2.83. The highest BCUT2D eigenvalue weighted by atomic mass is 16.3. The highest BCUT2D eigenvalue weighted by molar-refractivity contribution is 6.12. The number of aromatic nitrogens is 1. The average Bonchev–Trinajstić information content (AvgIpc) is 3.34. The van der Waals surface area contributed by atoms with Gasteiger partial charge in [-0.15, -0.1) is 0 Å². The Hall–Kier alpha value is -4.63. The van der Waals surface area contributed by atoms with Gasteiger partial charge in [0, 0.05) is 17.4 Å². The van der Waals surface area contributed by atoms with Crippen LogP contribution < -0.4 is 10.6 Å². The van der Waals surface area contributed by atoms with E-state index in [4.69, 9.17) is 4.42 Å². The maximum Gasteiger partial charge on any atom is 0.291 e. The van der Waals surface area contributed by atoms with Crippen LogP contribution in [0, 0.1) is 11.8 Å². The SMILES string of the molecule is O=C(Nc1ccccc1C(=O)Nc1cccc(C#Cc2ccccn2)c1)c1ccco1. The third kappa shape index (κ3) is 5.05. The Balaban J connectivity index is 1.50. The Kier molecular flexibility index (Phi) is 5.87. The molecule has 6 heteroatoms. The van der Waals surface area contributed by atoms with Crippen LogP contribution in [0.25, 0.3) is 0 Å². The van der Waals surface area contributed by atoms with E-state index in [0.29, 0.717) is 22.6 Å². The van der Waals surface area contributed by atoms with E-state index in [1.807, 2.05) is 30.3 Å². The predicted molar refractivity (Wildman–Crippen MR) is 118 cm³/mol. The van der Waals surface area contributed by atoms with E-state index in [9.17, 15) is 9.59 Å². The van der Waals surface area contributed by atoms with E-state index in [-0.39, 0.29) is 11.7 Å². The van der Waals surface area contributed by atoms with Crippen LogP contribution in [0.2, 0.25) is 0 Å². The van der Waals surface area contributed by atoms with Crippen molar-refractivity contribution in [1.82, 2.24) is 4.98 Å². The van der Waals surface area contributed by atoms with E-state index in [0.717, 1.165) is 5.56 Å². The lowest BCUT2D eigenvalue weighted by atomic mass is 10.1. The summed E-state index contributed by atoms with van der Waals surface area (Å²) in [7, 11) is 0. The Bertz CT molecular complexity index is 1270. The Morgan fingerprint density at radius 1 is 0.806 bits per heavy atom. The third-order valence-corrected chi connectivity index (χ3v) is 4.29. The second kappa shape index (κ2) is 9.25. The van der Waals surface area contributed by atoms with Gasteiger partial charge in [-0.2, -0.15) is 0 Å². The number of furan rings is 1. The van der Waals surface area contributed by atoms with E-state index >= 15 is 0 Å². The van der Waals surface area contributed by atoms with Gasteiger partial charge in [0.15, 0.2) is 5.76 Å². The molecular formula is C25H17N3O3. The van der Waals surface area contributed by atoms with Gasteiger partial charge in [0.1, 0.15) is 5.69 Å². The van der Waals surface area contributed by atoms with Gasteiger partial charge in [-0.3, -0.25) is 9.59 Å². The van der Waals surface area contributed by atoms with Gasteiger partial charge in [0.2, 0.25) is 0 Å². The van der Waals surface area contributed by atoms with Gasteiger partial charge in [0.05, 0.1) is 17.5 Å². The van der Waals surface area contributed by atoms with Gasteiger partial charge >= 0.3 is 0 Å². The van der Waals surface area contributed by atoms with Crippen molar-refractivity contribution in [3.8, 4) is 11.8 Å². The van der Waals surface area contributed by atoms with Crippen molar-refractivity contribution in [1.29, 1.82) is 0 Å². The van der Waals surface area contributed by atoms with Crippen molar-refractivity contribution in [3.63, 3.8) is 0 Å². The highest BCUT2D eigenvalue weighted by Crippen LogP contribution is 2.19. The summed E-state index contributed by atoms with van der Waals surface area (Å²) >= 11 is 0. The molecule has 0 saturated carbocycles. The molecule has 0 saturated heterocycles. The van der Waals surface area contributed by atoms with Crippen LogP contribution in [0.1, 0.15) is 32.2 Å². The van der Waals surface area contributed by atoms with Gasteiger partial charge in [-0.25, -0.2) is 4.98 Å². The molecule has 6 nitrogen and oxygen atoms in total. The number of benzene rings is 2. The van der Waals surface area contributed by atoms with Crippen LogP contribution in [0.4, 0.5) is 11.4 Å². The van der Waals surface area contributed by atoms with Crippen molar-refractivity contribution in [2.24, 2.45) is 0 Å². The molecule has 0 bridgehead atoms. The molecule has 31 heavy (non-hydrogen) atoms. The first kappa shape index (κ1) is 19.7. The number of para-hydroxylation sites is 1. The monoisotopic (exact) mass is 407 g/mol. The fraction of sp³-hybridized carbons (Fsp3) is 0. The van der Waals surface area contributed by atoms with Crippen LogP contribution in [0.3, 0.4) is 0 Å². The summed E-state index contributed by atoms with van der Waals surface area (Å²) in [5, 5.41) is 5.55. The normalized spacial score (nSPS) is 9.94. The molecule has 2 aromatic heterocycles.